The number of nitrogens with zero attached hydrogens (tertiary/aromatic N) is 1. The molecule has 11 aromatic rings. The Labute approximate surface area is 368 Å². The Balaban J connectivity index is 1.15. The molecule has 0 saturated carbocycles. The van der Waals surface area contributed by atoms with Crippen LogP contribution in [-0.2, 0) is 5.41 Å². The molecular formula is C62H43N. The number of benzene rings is 11. The zero-order valence-electron chi connectivity index (χ0n) is 35.0. The molecule has 11 aromatic carbocycles. The summed E-state index contributed by atoms with van der Waals surface area (Å²) in [7, 11) is 0. The zero-order chi connectivity index (χ0) is 41.9. The van der Waals surface area contributed by atoms with Gasteiger partial charge in [0.15, 0.2) is 0 Å². The molecular weight excluding hydrogens is 759 g/mol. The highest BCUT2D eigenvalue weighted by Gasteiger charge is 2.41. The van der Waals surface area contributed by atoms with Crippen molar-refractivity contribution in [1.82, 2.24) is 0 Å². The Kier molecular flexibility index (Phi) is 8.69. The summed E-state index contributed by atoms with van der Waals surface area (Å²) in [6.07, 6.45) is 0. The number of hydrogen-bond donors (Lipinski definition) is 0. The van der Waals surface area contributed by atoms with Crippen molar-refractivity contribution in [1.29, 1.82) is 0 Å². The number of fused-ring (bicyclic) bond motifs is 7. The summed E-state index contributed by atoms with van der Waals surface area (Å²) >= 11 is 0. The Hall–Kier alpha value is -8.00. The predicted molar refractivity (Wildman–Crippen MR) is 267 cm³/mol. The van der Waals surface area contributed by atoms with E-state index in [9.17, 15) is 0 Å². The maximum Gasteiger partial charge on any atom is 0.0540 e. The lowest BCUT2D eigenvalue weighted by Crippen LogP contribution is -2.23. The van der Waals surface area contributed by atoms with Crippen LogP contribution in [0, 0.1) is 0 Å². The van der Waals surface area contributed by atoms with E-state index in [1.165, 1.54) is 93.5 Å². The highest BCUT2D eigenvalue weighted by Crippen LogP contribution is 2.55. The van der Waals surface area contributed by atoms with Gasteiger partial charge in [0.25, 0.3) is 0 Å². The summed E-state index contributed by atoms with van der Waals surface area (Å²) in [6, 6.07) is 89.5. The van der Waals surface area contributed by atoms with Gasteiger partial charge in [-0.2, -0.15) is 0 Å². The second-order valence-electron chi connectivity index (χ2n) is 16.9. The Morgan fingerprint density at radius 2 is 0.857 bits per heavy atom. The first kappa shape index (κ1) is 36.8. The normalized spacial score (nSPS) is 14.2. The van der Waals surface area contributed by atoms with Gasteiger partial charge in [0.05, 0.1) is 11.4 Å². The molecule has 1 aliphatic rings. The molecule has 0 amide bonds. The molecule has 63 heavy (non-hydrogen) atoms. The third kappa shape index (κ3) is 5.85. The fraction of sp³-hybridized carbons (Fsp3) is 0.0323. The lowest BCUT2D eigenvalue weighted by Gasteiger charge is -2.33. The second-order valence-corrected chi connectivity index (χ2v) is 16.9. The first-order valence-corrected chi connectivity index (χ1v) is 21.9. The van der Waals surface area contributed by atoms with E-state index in [0.717, 1.165) is 17.1 Å². The van der Waals surface area contributed by atoms with Crippen LogP contribution >= 0.6 is 0 Å². The van der Waals surface area contributed by atoms with Crippen molar-refractivity contribution in [3.05, 3.63) is 259 Å². The summed E-state index contributed by atoms with van der Waals surface area (Å²) in [5, 5.41) is 7.46. The first-order chi connectivity index (χ1) is 31.2. The molecule has 0 saturated heterocycles. The number of para-hydroxylation sites is 2. The molecule has 296 valence electrons. The molecule has 1 aliphatic carbocycles. The summed E-state index contributed by atoms with van der Waals surface area (Å²) in [4.78, 5) is 2.53. The van der Waals surface area contributed by atoms with Crippen molar-refractivity contribution in [2.45, 2.75) is 12.3 Å². The maximum absolute atomic E-state index is 2.53. The van der Waals surface area contributed by atoms with Crippen molar-refractivity contribution >= 4 is 49.4 Å². The van der Waals surface area contributed by atoms with Crippen molar-refractivity contribution < 1.29 is 0 Å². The molecule has 0 bridgehead atoms. The smallest absolute Gasteiger partial charge is 0.0540 e. The molecule has 1 atom stereocenters. The standard InChI is InChI=1S/C62H43N/c1-62(45-24-6-3-7-25-45)57-34-13-10-27-52(57)53-40-38-46(41-58(53)62)63(59-35-14-11-28-54(59)50-32-18-31-49-47-26-9-8-21-43(47)37-39-51(49)50)60-36-15-12-29-55(60)56-33-17-23-44-22-16-30-48(61(44)56)42-19-4-2-5-20-42/h2-41H,1H3. The predicted octanol–water partition coefficient (Wildman–Crippen LogP) is 17.0. The molecule has 0 aliphatic heterocycles. The van der Waals surface area contributed by atoms with Crippen LogP contribution in [0.1, 0.15) is 23.6 Å². The minimum Gasteiger partial charge on any atom is -0.309 e. The van der Waals surface area contributed by atoms with Crippen LogP contribution in [0.15, 0.2) is 243 Å². The minimum atomic E-state index is -0.356. The Bertz CT molecular complexity index is 3530. The topological polar surface area (TPSA) is 3.24 Å². The van der Waals surface area contributed by atoms with E-state index < -0.39 is 0 Å². The molecule has 0 aromatic heterocycles. The SMILES string of the molecule is CC1(c2ccccc2)c2ccccc2-c2ccc(N(c3ccccc3-c3cccc4c3ccc3ccccc34)c3ccccc3-c3cccc4cccc(-c5ccccc5)c34)cc21. The van der Waals surface area contributed by atoms with Crippen LogP contribution in [-0.4, -0.2) is 0 Å². The third-order valence-corrected chi connectivity index (χ3v) is 13.6. The quantitative estimate of drug-likeness (QED) is 0.145. The molecule has 1 heteroatoms. The van der Waals surface area contributed by atoms with Crippen LogP contribution in [0.4, 0.5) is 17.1 Å². The molecule has 0 spiro atoms. The van der Waals surface area contributed by atoms with E-state index in [-0.39, 0.29) is 5.41 Å². The lowest BCUT2D eigenvalue weighted by atomic mass is 9.74. The van der Waals surface area contributed by atoms with Crippen molar-refractivity contribution in [2.24, 2.45) is 0 Å². The van der Waals surface area contributed by atoms with E-state index in [1.54, 1.807) is 0 Å². The van der Waals surface area contributed by atoms with E-state index in [0.29, 0.717) is 0 Å². The van der Waals surface area contributed by atoms with E-state index >= 15 is 0 Å². The van der Waals surface area contributed by atoms with Crippen LogP contribution in [0.3, 0.4) is 0 Å². The van der Waals surface area contributed by atoms with Gasteiger partial charge in [-0.05, 0) is 114 Å². The number of rotatable bonds is 7. The fourth-order valence-corrected chi connectivity index (χ4v) is 10.6. The Morgan fingerprint density at radius 3 is 1.63 bits per heavy atom. The van der Waals surface area contributed by atoms with Crippen LogP contribution < -0.4 is 4.90 Å². The average Bonchev–Trinajstić information content (AvgIpc) is 3.62. The van der Waals surface area contributed by atoms with Crippen molar-refractivity contribution in [2.75, 3.05) is 4.90 Å². The average molecular weight is 802 g/mol. The van der Waals surface area contributed by atoms with E-state index in [1.807, 2.05) is 0 Å². The minimum absolute atomic E-state index is 0.356. The summed E-state index contributed by atoms with van der Waals surface area (Å²) in [6.45, 7) is 2.41. The summed E-state index contributed by atoms with van der Waals surface area (Å²) < 4.78 is 0. The summed E-state index contributed by atoms with van der Waals surface area (Å²) in [5.41, 5.74) is 16.7. The molecule has 1 nitrogen and oxygen atoms in total. The van der Waals surface area contributed by atoms with E-state index in [4.69, 9.17) is 0 Å². The molecule has 0 heterocycles. The zero-order valence-corrected chi connectivity index (χ0v) is 35.0. The molecule has 0 fully saturated rings. The van der Waals surface area contributed by atoms with Gasteiger partial charge in [-0.3, -0.25) is 0 Å². The van der Waals surface area contributed by atoms with Crippen LogP contribution in [0.25, 0.3) is 76.8 Å². The van der Waals surface area contributed by atoms with Gasteiger partial charge in [-0.15, -0.1) is 0 Å². The van der Waals surface area contributed by atoms with Gasteiger partial charge in [0.1, 0.15) is 0 Å². The highest BCUT2D eigenvalue weighted by atomic mass is 15.1. The van der Waals surface area contributed by atoms with E-state index in [2.05, 4.69) is 254 Å². The fourth-order valence-electron chi connectivity index (χ4n) is 10.6. The van der Waals surface area contributed by atoms with Crippen molar-refractivity contribution in [3.63, 3.8) is 0 Å². The van der Waals surface area contributed by atoms with Crippen LogP contribution in [0.5, 0.6) is 0 Å². The molecule has 0 radical (unpaired) electrons. The van der Waals surface area contributed by atoms with Gasteiger partial charge in [0.2, 0.25) is 0 Å². The largest absolute Gasteiger partial charge is 0.309 e. The molecule has 1 unspecified atom stereocenters. The Morgan fingerprint density at radius 1 is 0.317 bits per heavy atom. The highest BCUT2D eigenvalue weighted by molar-refractivity contribution is 6.14. The van der Waals surface area contributed by atoms with Gasteiger partial charge in [-0.25, -0.2) is 0 Å². The molecule has 0 N–H and O–H groups in total. The summed E-state index contributed by atoms with van der Waals surface area (Å²) in [5.74, 6) is 0. The third-order valence-electron chi connectivity index (χ3n) is 13.6. The lowest BCUT2D eigenvalue weighted by molar-refractivity contribution is 0.714. The second kappa shape index (κ2) is 14.9. The van der Waals surface area contributed by atoms with Crippen molar-refractivity contribution in [3.8, 4) is 44.5 Å². The van der Waals surface area contributed by atoms with Gasteiger partial charge >= 0.3 is 0 Å². The monoisotopic (exact) mass is 801 g/mol. The van der Waals surface area contributed by atoms with Crippen LogP contribution in [0.2, 0.25) is 0 Å². The number of hydrogen-bond acceptors (Lipinski definition) is 1. The van der Waals surface area contributed by atoms with Gasteiger partial charge in [0, 0.05) is 22.2 Å². The number of anilines is 3. The molecule has 12 rings (SSSR count). The van der Waals surface area contributed by atoms with Gasteiger partial charge < -0.3 is 4.90 Å². The maximum atomic E-state index is 2.53. The van der Waals surface area contributed by atoms with Gasteiger partial charge in [-0.1, -0.05) is 218 Å². The first-order valence-electron chi connectivity index (χ1n) is 21.9.